The fourth-order valence-corrected chi connectivity index (χ4v) is 2.32. The number of hydrogen-bond donors (Lipinski definition) is 2. The SMILES string of the molecule is CN(C)C(=O)Cc1ccc(NC(=S)NC(=O)c2ccc([N+](=O)[O-])cc2)cc1. The van der Waals surface area contributed by atoms with Crippen LogP contribution in [0.3, 0.4) is 0 Å². The maximum atomic E-state index is 12.1. The number of carbonyl (C=O) groups excluding carboxylic acids is 2. The molecule has 0 aliphatic carbocycles. The Labute approximate surface area is 161 Å². The van der Waals surface area contributed by atoms with Crippen molar-refractivity contribution in [2.75, 3.05) is 19.4 Å². The summed E-state index contributed by atoms with van der Waals surface area (Å²) in [4.78, 5) is 35.4. The normalized spacial score (nSPS) is 10.0. The molecule has 0 aliphatic heterocycles. The van der Waals surface area contributed by atoms with E-state index in [-0.39, 0.29) is 22.3 Å². The summed E-state index contributed by atoms with van der Waals surface area (Å²) >= 11 is 5.10. The van der Waals surface area contributed by atoms with Crippen molar-refractivity contribution in [1.82, 2.24) is 10.2 Å². The van der Waals surface area contributed by atoms with Gasteiger partial charge in [0, 0.05) is 37.5 Å². The minimum absolute atomic E-state index is 0.00147. The molecule has 2 rings (SSSR count). The van der Waals surface area contributed by atoms with Crippen LogP contribution < -0.4 is 10.6 Å². The molecule has 2 aromatic rings. The van der Waals surface area contributed by atoms with Crippen LogP contribution in [0.5, 0.6) is 0 Å². The van der Waals surface area contributed by atoms with Gasteiger partial charge in [-0.25, -0.2) is 0 Å². The molecule has 2 N–H and O–H groups in total. The number of nitro benzene ring substituents is 1. The van der Waals surface area contributed by atoms with Gasteiger partial charge in [0.1, 0.15) is 0 Å². The van der Waals surface area contributed by atoms with Crippen molar-refractivity contribution < 1.29 is 14.5 Å². The number of nitro groups is 1. The quantitative estimate of drug-likeness (QED) is 0.464. The van der Waals surface area contributed by atoms with Crippen molar-refractivity contribution >= 4 is 40.5 Å². The first-order valence-electron chi connectivity index (χ1n) is 7.92. The number of hydrogen-bond acceptors (Lipinski definition) is 5. The second-order valence-electron chi connectivity index (χ2n) is 5.87. The number of carbonyl (C=O) groups is 2. The van der Waals surface area contributed by atoms with Crippen molar-refractivity contribution in [3.8, 4) is 0 Å². The first-order chi connectivity index (χ1) is 12.8. The van der Waals surface area contributed by atoms with Gasteiger partial charge >= 0.3 is 0 Å². The average Bonchev–Trinajstić information content (AvgIpc) is 2.63. The Bertz CT molecular complexity index is 864. The molecule has 0 atom stereocenters. The second-order valence-corrected chi connectivity index (χ2v) is 6.28. The molecule has 0 bridgehead atoms. The Balaban J connectivity index is 1.92. The van der Waals surface area contributed by atoms with E-state index in [2.05, 4.69) is 10.6 Å². The fourth-order valence-electron chi connectivity index (χ4n) is 2.11. The Morgan fingerprint density at radius 3 is 2.19 bits per heavy atom. The van der Waals surface area contributed by atoms with Gasteiger partial charge in [0.15, 0.2) is 5.11 Å². The predicted octanol–water partition coefficient (Wildman–Crippen LogP) is 2.35. The Morgan fingerprint density at radius 1 is 1.07 bits per heavy atom. The van der Waals surface area contributed by atoms with E-state index >= 15 is 0 Å². The number of rotatable bonds is 5. The summed E-state index contributed by atoms with van der Waals surface area (Å²) in [6.45, 7) is 0. The number of likely N-dealkylation sites (N-methyl/N-ethyl adjacent to an activating group) is 1. The van der Waals surface area contributed by atoms with E-state index in [4.69, 9.17) is 12.2 Å². The summed E-state index contributed by atoms with van der Waals surface area (Å²) in [5, 5.41) is 16.1. The number of nitrogens with one attached hydrogen (secondary N) is 2. The van der Waals surface area contributed by atoms with Crippen molar-refractivity contribution in [3.63, 3.8) is 0 Å². The maximum Gasteiger partial charge on any atom is 0.269 e. The van der Waals surface area contributed by atoms with Crippen LogP contribution in [0.1, 0.15) is 15.9 Å². The number of thiocarbonyl (C=S) groups is 1. The van der Waals surface area contributed by atoms with Crippen molar-refractivity contribution in [3.05, 3.63) is 69.8 Å². The standard InChI is InChI=1S/C18H18N4O4S/c1-21(2)16(23)11-12-3-7-14(8-4-12)19-18(27)20-17(24)13-5-9-15(10-6-13)22(25)26/h3-10H,11H2,1-2H3,(H2,19,20,24,27). The smallest absolute Gasteiger partial charge is 0.269 e. The van der Waals surface area contributed by atoms with E-state index in [1.54, 1.807) is 38.4 Å². The van der Waals surface area contributed by atoms with Crippen molar-refractivity contribution in [1.29, 1.82) is 0 Å². The molecule has 27 heavy (non-hydrogen) atoms. The van der Waals surface area contributed by atoms with Crippen LogP contribution in [0.25, 0.3) is 0 Å². The lowest BCUT2D eigenvalue weighted by Gasteiger charge is -2.12. The van der Waals surface area contributed by atoms with E-state index < -0.39 is 10.8 Å². The first kappa shape index (κ1) is 20.0. The highest BCUT2D eigenvalue weighted by Gasteiger charge is 2.11. The lowest BCUT2D eigenvalue weighted by Crippen LogP contribution is -2.34. The van der Waals surface area contributed by atoms with Gasteiger partial charge in [-0.1, -0.05) is 12.1 Å². The molecule has 2 amide bonds. The zero-order valence-electron chi connectivity index (χ0n) is 14.8. The van der Waals surface area contributed by atoms with E-state index in [1.807, 2.05) is 0 Å². The summed E-state index contributed by atoms with van der Waals surface area (Å²) in [6, 6.07) is 12.3. The maximum absolute atomic E-state index is 12.1. The largest absolute Gasteiger partial charge is 0.349 e. The predicted molar refractivity (Wildman–Crippen MR) is 106 cm³/mol. The summed E-state index contributed by atoms with van der Waals surface area (Å²) in [7, 11) is 3.40. The minimum atomic E-state index is -0.538. The van der Waals surface area contributed by atoms with Gasteiger partial charge in [0.25, 0.3) is 11.6 Å². The molecule has 0 aromatic heterocycles. The number of anilines is 1. The average molecular weight is 386 g/mol. The molecule has 0 aliphatic rings. The van der Waals surface area contributed by atoms with Crippen LogP contribution >= 0.6 is 12.2 Å². The highest BCUT2D eigenvalue weighted by atomic mass is 32.1. The van der Waals surface area contributed by atoms with E-state index in [9.17, 15) is 19.7 Å². The summed E-state index contributed by atoms with van der Waals surface area (Å²) < 4.78 is 0. The topological polar surface area (TPSA) is 105 Å². The summed E-state index contributed by atoms with van der Waals surface area (Å²) in [5.74, 6) is -0.475. The van der Waals surface area contributed by atoms with Crippen LogP contribution in [-0.2, 0) is 11.2 Å². The third kappa shape index (κ3) is 5.86. The van der Waals surface area contributed by atoms with Crippen molar-refractivity contribution in [2.45, 2.75) is 6.42 Å². The Hall–Kier alpha value is -3.33. The Morgan fingerprint density at radius 2 is 1.67 bits per heavy atom. The van der Waals surface area contributed by atoms with Crippen LogP contribution in [0.2, 0.25) is 0 Å². The molecule has 2 aromatic carbocycles. The summed E-state index contributed by atoms with van der Waals surface area (Å²) in [5.41, 5.74) is 1.67. The molecule has 140 valence electrons. The lowest BCUT2D eigenvalue weighted by molar-refractivity contribution is -0.384. The fraction of sp³-hybridized carbons (Fsp3) is 0.167. The molecule has 0 saturated heterocycles. The first-order valence-corrected chi connectivity index (χ1v) is 8.33. The highest BCUT2D eigenvalue weighted by Crippen LogP contribution is 2.13. The molecule has 8 nitrogen and oxygen atoms in total. The monoisotopic (exact) mass is 386 g/mol. The third-order valence-corrected chi connectivity index (χ3v) is 3.84. The van der Waals surface area contributed by atoms with Gasteiger partial charge in [0.2, 0.25) is 5.91 Å². The van der Waals surface area contributed by atoms with Crippen molar-refractivity contribution in [2.24, 2.45) is 0 Å². The third-order valence-electron chi connectivity index (χ3n) is 3.63. The molecule has 0 spiro atoms. The molecule has 0 fully saturated rings. The van der Waals surface area contributed by atoms with Crippen LogP contribution in [0.4, 0.5) is 11.4 Å². The van der Waals surface area contributed by atoms with Gasteiger partial charge in [-0.15, -0.1) is 0 Å². The molecule has 0 heterocycles. The zero-order chi connectivity index (χ0) is 20.0. The molecule has 0 unspecified atom stereocenters. The molecular formula is C18H18N4O4S. The van der Waals surface area contributed by atoms with Gasteiger partial charge in [-0.05, 0) is 42.0 Å². The van der Waals surface area contributed by atoms with Crippen LogP contribution in [0, 0.1) is 10.1 Å². The number of non-ortho nitro benzene ring substituents is 1. The lowest BCUT2D eigenvalue weighted by atomic mass is 10.1. The van der Waals surface area contributed by atoms with Crippen LogP contribution in [0.15, 0.2) is 48.5 Å². The van der Waals surface area contributed by atoms with Gasteiger partial charge in [-0.2, -0.15) is 0 Å². The highest BCUT2D eigenvalue weighted by molar-refractivity contribution is 7.80. The van der Waals surface area contributed by atoms with Gasteiger partial charge < -0.3 is 10.2 Å². The van der Waals surface area contributed by atoms with Gasteiger partial charge in [-0.3, -0.25) is 25.0 Å². The zero-order valence-corrected chi connectivity index (χ0v) is 15.6. The molecular weight excluding hydrogens is 368 g/mol. The molecule has 9 heteroatoms. The van der Waals surface area contributed by atoms with E-state index in [0.717, 1.165) is 5.56 Å². The molecule has 0 saturated carbocycles. The summed E-state index contributed by atoms with van der Waals surface area (Å²) in [6.07, 6.45) is 0.300. The van der Waals surface area contributed by atoms with Gasteiger partial charge in [0.05, 0.1) is 11.3 Å². The number of benzene rings is 2. The Kier molecular flexibility index (Phi) is 6.56. The van der Waals surface area contributed by atoms with E-state index in [1.165, 1.54) is 29.2 Å². The van der Waals surface area contributed by atoms with E-state index in [0.29, 0.717) is 12.1 Å². The van der Waals surface area contributed by atoms with Crippen LogP contribution in [-0.4, -0.2) is 40.8 Å². The molecule has 0 radical (unpaired) electrons. The second kappa shape index (κ2) is 8.86. The number of nitrogens with zero attached hydrogens (tertiary/aromatic N) is 2. The minimum Gasteiger partial charge on any atom is -0.349 e. The number of amides is 2.